The zero-order valence-corrected chi connectivity index (χ0v) is 12.2. The molecule has 1 aromatic carbocycles. The molecule has 0 aliphatic rings. The lowest BCUT2D eigenvalue weighted by molar-refractivity contribution is -0.113. The van der Waals surface area contributed by atoms with Crippen LogP contribution in [0.2, 0.25) is 0 Å². The number of benzene rings is 1. The van der Waals surface area contributed by atoms with Crippen molar-refractivity contribution in [2.75, 3.05) is 16.8 Å². The molecule has 0 radical (unpaired) electrons. The van der Waals surface area contributed by atoms with Crippen molar-refractivity contribution in [1.29, 1.82) is 0 Å². The van der Waals surface area contributed by atoms with Gasteiger partial charge in [-0.1, -0.05) is 19.4 Å². The SMILES string of the molecule is CCCCSCC(=O)Nc1cccc(C(N)=O)c1C. The standard InChI is InChI=1S/C14H20N2O2S/c1-3-4-8-19-9-13(17)16-12-7-5-6-11(10(12)2)14(15)18/h5-7H,3-4,8-9H2,1-2H3,(H2,15,18)(H,16,17). The number of hydrogen-bond donors (Lipinski definition) is 2. The number of anilines is 1. The van der Waals surface area contributed by atoms with Crippen LogP contribution in [0.3, 0.4) is 0 Å². The second kappa shape index (κ2) is 7.84. The third-order valence-electron chi connectivity index (χ3n) is 2.75. The van der Waals surface area contributed by atoms with E-state index in [4.69, 9.17) is 5.73 Å². The van der Waals surface area contributed by atoms with Gasteiger partial charge in [0, 0.05) is 11.3 Å². The minimum absolute atomic E-state index is 0.0502. The van der Waals surface area contributed by atoms with Crippen molar-refractivity contribution in [3.63, 3.8) is 0 Å². The number of primary amides is 1. The Morgan fingerprint density at radius 3 is 2.74 bits per heavy atom. The topological polar surface area (TPSA) is 72.2 Å². The summed E-state index contributed by atoms with van der Waals surface area (Å²) >= 11 is 1.62. The van der Waals surface area contributed by atoms with Crippen LogP contribution < -0.4 is 11.1 Å². The normalized spacial score (nSPS) is 10.2. The Balaban J connectivity index is 2.59. The molecule has 104 valence electrons. The average Bonchev–Trinajstić information content (AvgIpc) is 2.37. The predicted octanol–water partition coefficient (Wildman–Crippen LogP) is 2.57. The molecule has 19 heavy (non-hydrogen) atoms. The van der Waals surface area contributed by atoms with Crippen molar-refractivity contribution < 1.29 is 9.59 Å². The van der Waals surface area contributed by atoms with Crippen LogP contribution in [0.25, 0.3) is 0 Å². The quantitative estimate of drug-likeness (QED) is 0.754. The smallest absolute Gasteiger partial charge is 0.249 e. The molecule has 0 aromatic heterocycles. The fraction of sp³-hybridized carbons (Fsp3) is 0.429. The number of nitrogens with two attached hydrogens (primary N) is 1. The minimum atomic E-state index is -0.481. The lowest BCUT2D eigenvalue weighted by Gasteiger charge is -2.10. The van der Waals surface area contributed by atoms with Crippen LogP contribution in [0.5, 0.6) is 0 Å². The second-order valence-corrected chi connectivity index (χ2v) is 5.40. The summed E-state index contributed by atoms with van der Waals surface area (Å²) in [5.74, 6) is 0.890. The molecular weight excluding hydrogens is 260 g/mol. The first-order valence-electron chi connectivity index (χ1n) is 6.33. The summed E-state index contributed by atoms with van der Waals surface area (Å²) in [6, 6.07) is 5.15. The van der Waals surface area contributed by atoms with E-state index in [0.717, 1.165) is 18.6 Å². The van der Waals surface area contributed by atoms with E-state index >= 15 is 0 Å². The Labute approximate surface area is 118 Å². The van der Waals surface area contributed by atoms with Crippen molar-refractivity contribution in [2.45, 2.75) is 26.7 Å². The lowest BCUT2D eigenvalue weighted by Crippen LogP contribution is -2.18. The highest BCUT2D eigenvalue weighted by Crippen LogP contribution is 2.19. The molecule has 2 amide bonds. The average molecular weight is 280 g/mol. The van der Waals surface area contributed by atoms with Crippen LogP contribution in [-0.2, 0) is 4.79 Å². The summed E-state index contributed by atoms with van der Waals surface area (Å²) in [7, 11) is 0. The maximum atomic E-state index is 11.8. The largest absolute Gasteiger partial charge is 0.366 e. The molecule has 5 heteroatoms. The molecule has 0 aliphatic heterocycles. The van der Waals surface area contributed by atoms with Gasteiger partial charge in [0.05, 0.1) is 5.75 Å². The molecule has 0 atom stereocenters. The van der Waals surface area contributed by atoms with E-state index in [0.29, 0.717) is 22.6 Å². The summed E-state index contributed by atoms with van der Waals surface area (Å²) in [4.78, 5) is 23.0. The Hall–Kier alpha value is -1.49. The number of nitrogens with one attached hydrogen (secondary N) is 1. The maximum Gasteiger partial charge on any atom is 0.249 e. The summed E-state index contributed by atoms with van der Waals surface area (Å²) in [6.45, 7) is 3.90. The van der Waals surface area contributed by atoms with E-state index in [1.54, 1.807) is 36.9 Å². The molecule has 0 heterocycles. The van der Waals surface area contributed by atoms with Gasteiger partial charge in [-0.2, -0.15) is 11.8 Å². The molecule has 1 rings (SSSR count). The van der Waals surface area contributed by atoms with Gasteiger partial charge in [0.25, 0.3) is 0 Å². The predicted molar refractivity (Wildman–Crippen MR) is 80.6 cm³/mol. The van der Waals surface area contributed by atoms with Crippen molar-refractivity contribution >= 4 is 29.3 Å². The zero-order valence-electron chi connectivity index (χ0n) is 11.4. The van der Waals surface area contributed by atoms with Crippen molar-refractivity contribution in [3.05, 3.63) is 29.3 Å². The zero-order chi connectivity index (χ0) is 14.3. The highest BCUT2D eigenvalue weighted by atomic mass is 32.2. The second-order valence-electron chi connectivity index (χ2n) is 4.30. The maximum absolute atomic E-state index is 11.8. The van der Waals surface area contributed by atoms with Crippen LogP contribution in [0.15, 0.2) is 18.2 Å². The van der Waals surface area contributed by atoms with Crippen molar-refractivity contribution in [2.24, 2.45) is 5.73 Å². The van der Waals surface area contributed by atoms with Crippen LogP contribution in [0, 0.1) is 6.92 Å². The van der Waals surface area contributed by atoms with Gasteiger partial charge in [-0.3, -0.25) is 9.59 Å². The first-order valence-corrected chi connectivity index (χ1v) is 7.48. The molecule has 3 N–H and O–H groups in total. The molecule has 4 nitrogen and oxygen atoms in total. The summed E-state index contributed by atoms with van der Waals surface area (Å²) in [5.41, 5.74) is 7.07. The van der Waals surface area contributed by atoms with Gasteiger partial charge in [0.15, 0.2) is 0 Å². The number of carbonyl (C=O) groups excluding carboxylic acids is 2. The highest BCUT2D eigenvalue weighted by molar-refractivity contribution is 7.99. The van der Waals surface area contributed by atoms with Crippen LogP contribution in [0.4, 0.5) is 5.69 Å². The molecular formula is C14H20N2O2S. The number of thioether (sulfide) groups is 1. The Morgan fingerprint density at radius 2 is 2.11 bits per heavy atom. The highest BCUT2D eigenvalue weighted by Gasteiger charge is 2.10. The Bertz CT molecular complexity index is 461. The number of hydrogen-bond acceptors (Lipinski definition) is 3. The van der Waals surface area contributed by atoms with Crippen molar-refractivity contribution in [3.8, 4) is 0 Å². The van der Waals surface area contributed by atoms with Gasteiger partial charge in [-0.15, -0.1) is 0 Å². The fourth-order valence-electron chi connectivity index (χ4n) is 1.64. The molecule has 0 unspecified atom stereocenters. The molecule has 0 saturated heterocycles. The van der Waals surface area contributed by atoms with Gasteiger partial charge < -0.3 is 11.1 Å². The van der Waals surface area contributed by atoms with E-state index in [-0.39, 0.29) is 5.91 Å². The molecule has 0 aliphatic carbocycles. The summed E-state index contributed by atoms with van der Waals surface area (Å²) in [5, 5.41) is 2.81. The number of amides is 2. The minimum Gasteiger partial charge on any atom is -0.366 e. The monoisotopic (exact) mass is 280 g/mol. The molecule has 1 aromatic rings. The van der Waals surface area contributed by atoms with Gasteiger partial charge in [0.2, 0.25) is 11.8 Å². The molecule has 0 spiro atoms. The molecule has 0 saturated carbocycles. The number of unbranched alkanes of at least 4 members (excludes halogenated alkanes) is 1. The van der Waals surface area contributed by atoms with E-state index in [1.165, 1.54) is 0 Å². The van der Waals surface area contributed by atoms with Gasteiger partial charge in [0.1, 0.15) is 0 Å². The number of carbonyl (C=O) groups is 2. The molecule has 0 bridgehead atoms. The van der Waals surface area contributed by atoms with E-state index in [2.05, 4.69) is 12.2 Å². The van der Waals surface area contributed by atoms with E-state index in [1.807, 2.05) is 0 Å². The van der Waals surface area contributed by atoms with Crippen LogP contribution in [0.1, 0.15) is 35.7 Å². The van der Waals surface area contributed by atoms with Gasteiger partial charge in [-0.05, 0) is 36.8 Å². The van der Waals surface area contributed by atoms with Gasteiger partial charge >= 0.3 is 0 Å². The first-order chi connectivity index (χ1) is 9.06. The van der Waals surface area contributed by atoms with Crippen LogP contribution >= 0.6 is 11.8 Å². The summed E-state index contributed by atoms with van der Waals surface area (Å²) < 4.78 is 0. The third kappa shape index (κ3) is 4.95. The Kier molecular flexibility index (Phi) is 6.42. The lowest BCUT2D eigenvalue weighted by atomic mass is 10.1. The van der Waals surface area contributed by atoms with Crippen molar-refractivity contribution in [1.82, 2.24) is 0 Å². The van der Waals surface area contributed by atoms with E-state index < -0.39 is 5.91 Å². The van der Waals surface area contributed by atoms with Crippen LogP contribution in [-0.4, -0.2) is 23.3 Å². The third-order valence-corrected chi connectivity index (χ3v) is 3.79. The number of rotatable bonds is 7. The first kappa shape index (κ1) is 15.6. The Morgan fingerprint density at radius 1 is 1.37 bits per heavy atom. The molecule has 0 fully saturated rings. The van der Waals surface area contributed by atoms with E-state index in [9.17, 15) is 9.59 Å². The fourth-order valence-corrected chi connectivity index (χ4v) is 2.53. The van der Waals surface area contributed by atoms with Gasteiger partial charge in [-0.25, -0.2) is 0 Å². The summed E-state index contributed by atoms with van der Waals surface area (Å²) in [6.07, 6.45) is 2.25.